The van der Waals surface area contributed by atoms with Crippen molar-refractivity contribution < 1.29 is 23.5 Å². The zero-order chi connectivity index (χ0) is 26.8. The van der Waals surface area contributed by atoms with Crippen LogP contribution in [0.25, 0.3) is 22.0 Å². The highest BCUT2D eigenvalue weighted by molar-refractivity contribution is 6.00. The summed E-state index contributed by atoms with van der Waals surface area (Å²) in [5, 5.41) is 10.7. The lowest BCUT2D eigenvalue weighted by atomic mass is 9.79. The smallest absolute Gasteiger partial charge is 0.302 e. The number of rotatable bonds is 7. The van der Waals surface area contributed by atoms with Gasteiger partial charge in [-0.1, -0.05) is 67.6 Å². The van der Waals surface area contributed by atoms with Crippen LogP contribution in [0.2, 0.25) is 0 Å². The number of hydrogen-bond acceptors (Lipinski definition) is 6. The Labute approximate surface area is 220 Å². The van der Waals surface area contributed by atoms with Crippen molar-refractivity contribution in [3.63, 3.8) is 0 Å². The van der Waals surface area contributed by atoms with E-state index in [0.717, 1.165) is 10.8 Å². The van der Waals surface area contributed by atoms with Gasteiger partial charge in [-0.3, -0.25) is 9.59 Å². The van der Waals surface area contributed by atoms with Crippen LogP contribution in [-0.2, 0) is 14.3 Å². The molecule has 0 amide bonds. The second kappa shape index (κ2) is 10.8. The van der Waals surface area contributed by atoms with Crippen LogP contribution in [0.1, 0.15) is 43.6 Å². The lowest BCUT2D eigenvalue weighted by Gasteiger charge is -2.44. The number of fused-ring (bicyclic) bond motifs is 1. The maximum atomic E-state index is 13.8. The first-order chi connectivity index (χ1) is 18.3. The number of halogens is 1. The van der Waals surface area contributed by atoms with E-state index in [9.17, 15) is 14.0 Å². The summed E-state index contributed by atoms with van der Waals surface area (Å²) in [6, 6.07) is 19.6. The molecule has 7 nitrogen and oxygen atoms in total. The fourth-order valence-corrected chi connectivity index (χ4v) is 5.36. The summed E-state index contributed by atoms with van der Waals surface area (Å²) in [7, 11) is 0. The van der Waals surface area contributed by atoms with Gasteiger partial charge >= 0.3 is 5.97 Å². The molecular formula is C30H30FN3O4. The standard InChI is InChI=1S/C30H30FN3O4/c1-18-28(15-27(36)24-12-11-21-7-4-5-8-22(21)13-24)38-29(17-37-20(3)35)19(2)30(18)34-16-26(32-33-34)23-9-6-10-25(31)14-23/h4-14,16,18-19,28-30H,15,17H2,1-3H3/t18?,19-,28?,29?,30+/m0/s1. The van der Waals surface area contributed by atoms with E-state index in [-0.39, 0.29) is 42.5 Å². The van der Waals surface area contributed by atoms with Crippen molar-refractivity contribution in [2.75, 3.05) is 6.61 Å². The van der Waals surface area contributed by atoms with Crippen LogP contribution in [0.15, 0.2) is 72.9 Å². The minimum Gasteiger partial charge on any atom is -0.463 e. The SMILES string of the molecule is CC(=O)OCC1OC(CC(=O)c2ccc3ccccc3c2)C(C)[C@@H](n2cc(-c3cccc(F)c3)nn2)[C@H]1C. The minimum absolute atomic E-state index is 0.0221. The Morgan fingerprint density at radius 3 is 2.50 bits per heavy atom. The third-order valence-corrected chi connectivity index (χ3v) is 7.44. The quantitative estimate of drug-likeness (QED) is 0.234. The van der Waals surface area contributed by atoms with E-state index in [1.54, 1.807) is 23.0 Å². The molecule has 2 heterocycles. The van der Waals surface area contributed by atoms with Gasteiger partial charge < -0.3 is 9.47 Å². The third kappa shape index (κ3) is 5.36. The van der Waals surface area contributed by atoms with Gasteiger partial charge in [-0.15, -0.1) is 5.10 Å². The first-order valence-corrected chi connectivity index (χ1v) is 12.8. The zero-order valence-corrected chi connectivity index (χ0v) is 21.6. The Hall–Kier alpha value is -3.91. The average molecular weight is 516 g/mol. The summed E-state index contributed by atoms with van der Waals surface area (Å²) in [6.07, 6.45) is 1.10. The van der Waals surface area contributed by atoms with E-state index in [1.165, 1.54) is 19.1 Å². The number of ether oxygens (including phenoxy) is 2. The van der Waals surface area contributed by atoms with Crippen molar-refractivity contribution in [3.05, 3.63) is 84.3 Å². The third-order valence-electron chi connectivity index (χ3n) is 7.44. The Kier molecular flexibility index (Phi) is 7.33. The van der Waals surface area contributed by atoms with Gasteiger partial charge in [0.25, 0.3) is 0 Å². The molecule has 1 aromatic heterocycles. The molecule has 4 aromatic rings. The number of Topliss-reactive ketones (excluding diaryl/α,β-unsaturated/α-hetero) is 1. The van der Waals surface area contributed by atoms with Gasteiger partial charge in [0, 0.05) is 36.3 Å². The first-order valence-electron chi connectivity index (χ1n) is 12.8. The molecule has 0 spiro atoms. The van der Waals surface area contributed by atoms with Crippen molar-refractivity contribution in [1.82, 2.24) is 15.0 Å². The van der Waals surface area contributed by atoms with Gasteiger partial charge in [0.15, 0.2) is 5.78 Å². The molecule has 5 atom stereocenters. The second-order valence-electron chi connectivity index (χ2n) is 10.0. The molecule has 1 aliphatic heterocycles. The van der Waals surface area contributed by atoms with E-state index in [2.05, 4.69) is 10.3 Å². The summed E-state index contributed by atoms with van der Waals surface area (Å²) in [5.74, 6) is -0.970. The number of nitrogens with zero attached hydrogens (tertiary/aromatic N) is 3. The van der Waals surface area contributed by atoms with Gasteiger partial charge in [-0.25, -0.2) is 9.07 Å². The fourth-order valence-electron chi connectivity index (χ4n) is 5.36. The van der Waals surface area contributed by atoms with Crippen LogP contribution in [0, 0.1) is 17.7 Å². The van der Waals surface area contributed by atoms with Crippen LogP contribution in [-0.4, -0.2) is 45.6 Å². The molecule has 196 valence electrons. The fraction of sp³-hybridized carbons (Fsp3) is 0.333. The molecule has 3 unspecified atom stereocenters. The van der Waals surface area contributed by atoms with E-state index in [4.69, 9.17) is 9.47 Å². The van der Waals surface area contributed by atoms with Crippen molar-refractivity contribution in [3.8, 4) is 11.3 Å². The van der Waals surface area contributed by atoms with Gasteiger partial charge in [-0.05, 0) is 29.0 Å². The molecule has 5 rings (SSSR count). The predicted octanol–water partition coefficient (Wildman–Crippen LogP) is 5.65. The van der Waals surface area contributed by atoms with Gasteiger partial charge in [0.2, 0.25) is 0 Å². The zero-order valence-electron chi connectivity index (χ0n) is 21.6. The van der Waals surface area contributed by atoms with E-state index >= 15 is 0 Å². The number of aromatic nitrogens is 3. The lowest BCUT2D eigenvalue weighted by Crippen LogP contribution is -2.49. The highest BCUT2D eigenvalue weighted by Gasteiger charge is 2.44. The summed E-state index contributed by atoms with van der Waals surface area (Å²) in [4.78, 5) is 24.9. The summed E-state index contributed by atoms with van der Waals surface area (Å²) in [5.41, 5.74) is 1.80. The molecule has 0 N–H and O–H groups in total. The first kappa shape index (κ1) is 25.7. The largest absolute Gasteiger partial charge is 0.463 e. The summed E-state index contributed by atoms with van der Waals surface area (Å²) in [6.45, 7) is 5.48. The molecule has 1 fully saturated rings. The van der Waals surface area contributed by atoms with E-state index in [1.807, 2.05) is 56.3 Å². The van der Waals surface area contributed by atoms with Crippen LogP contribution < -0.4 is 0 Å². The monoisotopic (exact) mass is 515 g/mol. The average Bonchev–Trinajstić information content (AvgIpc) is 3.39. The molecule has 8 heteroatoms. The molecule has 1 saturated heterocycles. The number of carbonyl (C=O) groups excluding carboxylic acids is 2. The Balaban J connectivity index is 1.42. The Morgan fingerprint density at radius 2 is 1.74 bits per heavy atom. The highest BCUT2D eigenvalue weighted by atomic mass is 19.1. The molecule has 0 aliphatic carbocycles. The minimum atomic E-state index is -0.434. The molecular weight excluding hydrogens is 485 g/mol. The van der Waals surface area contributed by atoms with Crippen LogP contribution in [0.5, 0.6) is 0 Å². The molecule has 3 aromatic carbocycles. The van der Waals surface area contributed by atoms with Crippen molar-refractivity contribution in [1.29, 1.82) is 0 Å². The van der Waals surface area contributed by atoms with Crippen molar-refractivity contribution >= 4 is 22.5 Å². The van der Waals surface area contributed by atoms with E-state index < -0.39 is 18.2 Å². The normalized spacial score (nSPS) is 23.3. The predicted molar refractivity (Wildman–Crippen MR) is 141 cm³/mol. The van der Waals surface area contributed by atoms with Crippen LogP contribution in [0.4, 0.5) is 4.39 Å². The number of hydrogen-bond donors (Lipinski definition) is 0. The second-order valence-corrected chi connectivity index (χ2v) is 10.0. The van der Waals surface area contributed by atoms with Crippen molar-refractivity contribution in [2.24, 2.45) is 11.8 Å². The number of esters is 1. The van der Waals surface area contributed by atoms with Gasteiger partial charge in [0.1, 0.15) is 18.1 Å². The molecule has 0 radical (unpaired) electrons. The summed E-state index contributed by atoms with van der Waals surface area (Å²) >= 11 is 0. The molecule has 0 bridgehead atoms. The highest BCUT2D eigenvalue weighted by Crippen LogP contribution is 2.40. The van der Waals surface area contributed by atoms with Crippen molar-refractivity contribution in [2.45, 2.75) is 45.4 Å². The summed E-state index contributed by atoms with van der Waals surface area (Å²) < 4.78 is 27.3. The number of carbonyl (C=O) groups is 2. The van der Waals surface area contributed by atoms with Gasteiger partial charge in [0.05, 0.1) is 24.4 Å². The number of benzene rings is 3. The Morgan fingerprint density at radius 1 is 0.974 bits per heavy atom. The van der Waals surface area contributed by atoms with Crippen LogP contribution in [0.3, 0.4) is 0 Å². The van der Waals surface area contributed by atoms with Crippen LogP contribution >= 0.6 is 0 Å². The maximum absolute atomic E-state index is 13.8. The van der Waals surface area contributed by atoms with E-state index in [0.29, 0.717) is 16.8 Å². The molecule has 0 saturated carbocycles. The van der Waals surface area contributed by atoms with Gasteiger partial charge in [-0.2, -0.15) is 0 Å². The topological polar surface area (TPSA) is 83.3 Å². The Bertz CT molecular complexity index is 1470. The maximum Gasteiger partial charge on any atom is 0.302 e. The molecule has 1 aliphatic rings. The number of ketones is 1. The lowest BCUT2D eigenvalue weighted by molar-refractivity contribution is -0.168. The molecule has 38 heavy (non-hydrogen) atoms.